The van der Waals surface area contributed by atoms with E-state index in [0.29, 0.717) is 18.7 Å². The molecule has 0 spiro atoms. The monoisotopic (exact) mass is 233 g/mol. The third-order valence-corrected chi connectivity index (χ3v) is 2.71. The van der Waals surface area contributed by atoms with Gasteiger partial charge >= 0.3 is 0 Å². The number of rotatable bonds is 5. The second-order valence-electron chi connectivity index (χ2n) is 4.28. The summed E-state index contributed by atoms with van der Waals surface area (Å²) < 4.78 is 0. The molecule has 0 bridgehead atoms. The van der Waals surface area contributed by atoms with Crippen molar-refractivity contribution in [2.75, 3.05) is 18.5 Å². The Balaban J connectivity index is 2.71. The zero-order valence-corrected chi connectivity index (χ0v) is 10.6. The van der Waals surface area contributed by atoms with Crippen molar-refractivity contribution in [3.8, 4) is 6.07 Å². The third kappa shape index (κ3) is 3.72. The van der Waals surface area contributed by atoms with Gasteiger partial charge in [-0.05, 0) is 25.5 Å². The van der Waals surface area contributed by atoms with Crippen LogP contribution in [0.4, 0.5) is 5.69 Å². The van der Waals surface area contributed by atoms with E-state index >= 15 is 0 Å². The van der Waals surface area contributed by atoms with E-state index in [2.05, 4.69) is 11.1 Å². The Morgan fingerprint density at radius 1 is 1.53 bits per heavy atom. The van der Waals surface area contributed by atoms with Crippen molar-refractivity contribution < 1.29 is 5.11 Å². The minimum atomic E-state index is -0.493. The molecule has 1 unspecified atom stereocenters. The molecule has 1 aromatic rings. The number of pyridine rings is 1. The number of aliphatic hydroxyl groups is 1. The van der Waals surface area contributed by atoms with Gasteiger partial charge in [0, 0.05) is 13.6 Å². The Kier molecular flexibility index (Phi) is 4.92. The molecule has 2 atom stereocenters. The summed E-state index contributed by atoms with van der Waals surface area (Å²) in [7, 11) is 1.93. The first-order valence-electron chi connectivity index (χ1n) is 5.83. The number of anilines is 1. The summed E-state index contributed by atoms with van der Waals surface area (Å²) in [6.45, 7) is 4.48. The highest BCUT2D eigenvalue weighted by Crippen LogP contribution is 2.18. The summed E-state index contributed by atoms with van der Waals surface area (Å²) in [6, 6.07) is 5.95. The highest BCUT2D eigenvalue weighted by Gasteiger charge is 2.09. The van der Waals surface area contributed by atoms with Gasteiger partial charge in [0.15, 0.2) is 0 Å². The summed E-state index contributed by atoms with van der Waals surface area (Å²) in [4.78, 5) is 6.22. The molecule has 0 aliphatic heterocycles. The van der Waals surface area contributed by atoms with Crippen molar-refractivity contribution in [1.29, 1.82) is 5.26 Å². The van der Waals surface area contributed by atoms with E-state index in [0.717, 1.165) is 5.69 Å². The number of aromatic nitrogens is 1. The fraction of sp³-hybridized carbons (Fsp3) is 0.538. The van der Waals surface area contributed by atoms with E-state index < -0.39 is 6.10 Å². The molecule has 4 heteroatoms. The van der Waals surface area contributed by atoms with Gasteiger partial charge < -0.3 is 10.0 Å². The minimum Gasteiger partial charge on any atom is -0.387 e. The lowest BCUT2D eigenvalue weighted by Crippen LogP contribution is -2.23. The summed E-state index contributed by atoms with van der Waals surface area (Å²) in [5.41, 5.74) is 1.65. The molecule has 17 heavy (non-hydrogen) atoms. The first kappa shape index (κ1) is 13.5. The first-order chi connectivity index (χ1) is 8.08. The van der Waals surface area contributed by atoms with Crippen molar-refractivity contribution in [2.24, 2.45) is 5.92 Å². The normalized spacial score (nSPS) is 13.8. The van der Waals surface area contributed by atoms with Crippen LogP contribution in [0, 0.1) is 17.2 Å². The van der Waals surface area contributed by atoms with Crippen LogP contribution in [0.15, 0.2) is 18.3 Å². The molecule has 1 aromatic heterocycles. The molecule has 1 N–H and O–H groups in total. The van der Waals surface area contributed by atoms with Crippen molar-refractivity contribution in [2.45, 2.75) is 26.4 Å². The number of aliphatic hydroxyl groups excluding tert-OH is 1. The third-order valence-electron chi connectivity index (χ3n) is 2.71. The molecule has 0 amide bonds. The Hall–Kier alpha value is -1.60. The maximum absolute atomic E-state index is 9.62. The van der Waals surface area contributed by atoms with E-state index in [1.807, 2.05) is 37.9 Å². The highest BCUT2D eigenvalue weighted by molar-refractivity contribution is 5.44. The fourth-order valence-corrected chi connectivity index (χ4v) is 1.59. The lowest BCUT2D eigenvalue weighted by atomic mass is 10.1. The van der Waals surface area contributed by atoms with Crippen LogP contribution in [0.2, 0.25) is 0 Å². The van der Waals surface area contributed by atoms with Gasteiger partial charge in [-0.25, -0.2) is 0 Å². The molecule has 0 saturated carbocycles. The smallest absolute Gasteiger partial charge is 0.0957 e. The Morgan fingerprint density at radius 2 is 2.24 bits per heavy atom. The number of hydrogen-bond acceptors (Lipinski definition) is 4. The van der Waals surface area contributed by atoms with E-state index in [9.17, 15) is 5.11 Å². The summed E-state index contributed by atoms with van der Waals surface area (Å²) in [5.74, 6) is -0.0130. The largest absolute Gasteiger partial charge is 0.387 e. The molecule has 1 rings (SSSR count). The van der Waals surface area contributed by atoms with Crippen LogP contribution in [0.5, 0.6) is 0 Å². The fourth-order valence-electron chi connectivity index (χ4n) is 1.59. The van der Waals surface area contributed by atoms with Crippen LogP contribution in [-0.2, 0) is 0 Å². The predicted octanol–water partition coefficient (Wildman–Crippen LogP) is 2.12. The number of hydrogen-bond donors (Lipinski definition) is 1. The molecule has 1 heterocycles. The van der Waals surface area contributed by atoms with Crippen LogP contribution in [-0.4, -0.2) is 23.7 Å². The molecule has 0 fully saturated rings. The van der Waals surface area contributed by atoms with Gasteiger partial charge in [0.2, 0.25) is 0 Å². The van der Waals surface area contributed by atoms with Gasteiger partial charge in [0.1, 0.15) is 0 Å². The van der Waals surface area contributed by atoms with Crippen LogP contribution in [0.25, 0.3) is 0 Å². The van der Waals surface area contributed by atoms with Gasteiger partial charge in [-0.1, -0.05) is 6.92 Å². The van der Waals surface area contributed by atoms with Crippen molar-refractivity contribution in [3.63, 3.8) is 0 Å². The van der Waals surface area contributed by atoms with E-state index in [1.54, 1.807) is 6.20 Å². The van der Waals surface area contributed by atoms with Gasteiger partial charge in [-0.15, -0.1) is 0 Å². The lowest BCUT2D eigenvalue weighted by molar-refractivity contribution is 0.169. The van der Waals surface area contributed by atoms with E-state index in [-0.39, 0.29) is 5.92 Å². The molecule has 0 saturated heterocycles. The average molecular weight is 233 g/mol. The number of nitriles is 1. The highest BCUT2D eigenvalue weighted by atomic mass is 16.3. The van der Waals surface area contributed by atoms with Crippen molar-refractivity contribution in [3.05, 3.63) is 24.0 Å². The molecular formula is C13H19N3O. The first-order valence-corrected chi connectivity index (χ1v) is 5.83. The van der Waals surface area contributed by atoms with E-state index in [1.165, 1.54) is 0 Å². The van der Waals surface area contributed by atoms with Crippen molar-refractivity contribution in [1.82, 2.24) is 4.98 Å². The summed E-state index contributed by atoms with van der Waals surface area (Å²) in [6.07, 6.45) is 1.90. The molecular weight excluding hydrogens is 214 g/mol. The zero-order valence-electron chi connectivity index (χ0n) is 10.6. The summed E-state index contributed by atoms with van der Waals surface area (Å²) >= 11 is 0. The predicted molar refractivity (Wildman–Crippen MR) is 67.5 cm³/mol. The molecule has 0 aromatic carbocycles. The van der Waals surface area contributed by atoms with Gasteiger partial charge in [-0.3, -0.25) is 4.98 Å². The Bertz CT molecular complexity index is 383. The van der Waals surface area contributed by atoms with Gasteiger partial charge in [-0.2, -0.15) is 5.26 Å². The molecule has 92 valence electrons. The molecule has 0 radical (unpaired) electrons. The second-order valence-corrected chi connectivity index (χ2v) is 4.28. The Morgan fingerprint density at radius 3 is 2.71 bits per heavy atom. The van der Waals surface area contributed by atoms with Crippen LogP contribution >= 0.6 is 0 Å². The molecule has 4 nitrogen and oxygen atoms in total. The van der Waals surface area contributed by atoms with Gasteiger partial charge in [0.05, 0.1) is 35.7 Å². The van der Waals surface area contributed by atoms with Crippen LogP contribution < -0.4 is 4.90 Å². The quantitative estimate of drug-likeness (QED) is 0.846. The van der Waals surface area contributed by atoms with Crippen LogP contribution in [0.1, 0.15) is 32.1 Å². The molecule has 0 aliphatic rings. The topological polar surface area (TPSA) is 60.1 Å². The lowest BCUT2D eigenvalue weighted by Gasteiger charge is -2.20. The summed E-state index contributed by atoms with van der Waals surface area (Å²) in [5, 5.41) is 18.4. The second kappa shape index (κ2) is 6.21. The molecule has 0 aliphatic carbocycles. The maximum Gasteiger partial charge on any atom is 0.0957 e. The Labute approximate surface area is 103 Å². The van der Waals surface area contributed by atoms with E-state index in [4.69, 9.17) is 5.26 Å². The van der Waals surface area contributed by atoms with Gasteiger partial charge in [0.25, 0.3) is 0 Å². The maximum atomic E-state index is 9.62. The average Bonchev–Trinajstić information content (AvgIpc) is 2.37. The van der Waals surface area contributed by atoms with Crippen molar-refractivity contribution >= 4 is 5.69 Å². The zero-order chi connectivity index (χ0) is 12.8. The standard InChI is InChI=1S/C13H19N3O/c1-4-13(17)12-6-5-11(8-15-12)16(3)9-10(2)7-14/h5-6,8,10,13,17H,4,9H2,1-3H3/t10?,13-/m1/s1. The van der Waals surface area contributed by atoms with Crippen LogP contribution in [0.3, 0.4) is 0 Å². The SMILES string of the molecule is CC[C@@H](O)c1ccc(N(C)CC(C)C#N)cn1. The number of nitrogens with zero attached hydrogens (tertiary/aromatic N) is 3. The minimum absolute atomic E-state index is 0.0130.